The van der Waals surface area contributed by atoms with E-state index in [1.54, 1.807) is 0 Å². The van der Waals surface area contributed by atoms with E-state index in [1.807, 2.05) is 0 Å². The predicted molar refractivity (Wildman–Crippen MR) is 70.8 cm³/mol. The Kier molecular flexibility index (Phi) is 5.93. The van der Waals surface area contributed by atoms with Crippen molar-refractivity contribution >= 4 is 17.8 Å². The van der Waals surface area contributed by atoms with E-state index in [9.17, 15) is 29.8 Å². The molecule has 0 N–H and O–H groups in total. The lowest BCUT2D eigenvalue weighted by atomic mass is 9.95. The number of carbonyl (C=O) groups excluding carboxylic acids is 2. The Morgan fingerprint density at radius 3 is 2.23 bits per heavy atom. The maximum absolute atomic E-state index is 11.5. The molecule has 0 amide bonds. The summed E-state index contributed by atoms with van der Waals surface area (Å²) in [6, 6.07) is 4.98. The van der Waals surface area contributed by atoms with Crippen molar-refractivity contribution in [3.8, 4) is 0 Å². The van der Waals surface area contributed by atoms with Gasteiger partial charge in [-0.05, 0) is 5.56 Å². The van der Waals surface area contributed by atoms with Gasteiger partial charge in [0.05, 0.1) is 24.4 Å². The quantitative estimate of drug-likeness (QED) is 0.334. The molecule has 1 atom stereocenters. The highest BCUT2D eigenvalue weighted by Crippen LogP contribution is 2.23. The lowest BCUT2D eigenvalue weighted by molar-refractivity contribution is -0.483. The maximum atomic E-state index is 11.5. The molecule has 0 heterocycles. The Morgan fingerprint density at radius 1 is 1.18 bits per heavy atom. The lowest BCUT2D eigenvalue weighted by Crippen LogP contribution is -2.20. The van der Waals surface area contributed by atoms with E-state index in [-0.39, 0.29) is 5.69 Å². The number of benzene rings is 1. The fourth-order valence-electron chi connectivity index (χ4n) is 1.71. The number of hydrogen-bond donors (Lipinski definition) is 0. The summed E-state index contributed by atoms with van der Waals surface area (Å²) in [6.45, 7) is -0.589. The second kappa shape index (κ2) is 7.67. The van der Waals surface area contributed by atoms with Crippen molar-refractivity contribution in [2.75, 3.05) is 13.7 Å². The van der Waals surface area contributed by atoms with Crippen LogP contribution in [0.15, 0.2) is 24.3 Å². The molecule has 0 saturated heterocycles. The van der Waals surface area contributed by atoms with E-state index in [4.69, 9.17) is 0 Å². The van der Waals surface area contributed by atoms with Crippen LogP contribution in [0.1, 0.15) is 17.9 Å². The Morgan fingerprint density at radius 2 is 1.77 bits per heavy atom. The summed E-state index contributed by atoms with van der Waals surface area (Å²) in [6.07, 6.45) is -1.65. The second-order valence-electron chi connectivity index (χ2n) is 4.19. The smallest absolute Gasteiger partial charge is 0.437 e. The van der Waals surface area contributed by atoms with Gasteiger partial charge in [-0.15, -0.1) is 0 Å². The van der Waals surface area contributed by atoms with E-state index in [0.29, 0.717) is 5.56 Å². The van der Waals surface area contributed by atoms with Gasteiger partial charge in [0.2, 0.25) is 6.54 Å². The topological polar surface area (TPSA) is 139 Å². The van der Waals surface area contributed by atoms with Gasteiger partial charge in [0.15, 0.2) is 0 Å². The number of non-ortho nitro benzene ring substituents is 1. The van der Waals surface area contributed by atoms with Crippen LogP contribution in [0.2, 0.25) is 0 Å². The van der Waals surface area contributed by atoms with Crippen LogP contribution >= 0.6 is 0 Å². The monoisotopic (exact) mass is 312 g/mol. The SMILES string of the molecule is COC(=O)OC(=O)CC(C[N+](=O)[O-])c1ccc([N+](=O)[O-])cc1. The molecule has 1 rings (SSSR count). The number of carbonyl (C=O) groups is 2. The molecule has 0 fully saturated rings. The molecule has 10 nitrogen and oxygen atoms in total. The molecule has 0 aliphatic rings. The van der Waals surface area contributed by atoms with E-state index >= 15 is 0 Å². The maximum Gasteiger partial charge on any atom is 0.515 e. The zero-order valence-corrected chi connectivity index (χ0v) is 11.5. The molecule has 0 spiro atoms. The van der Waals surface area contributed by atoms with Crippen molar-refractivity contribution in [1.29, 1.82) is 0 Å². The van der Waals surface area contributed by atoms with Crippen LogP contribution in [-0.2, 0) is 14.3 Å². The largest absolute Gasteiger partial charge is 0.515 e. The van der Waals surface area contributed by atoms with E-state index in [2.05, 4.69) is 9.47 Å². The molecular weight excluding hydrogens is 300 g/mol. The molecule has 10 heteroatoms. The average Bonchev–Trinajstić information content (AvgIpc) is 2.45. The standard InChI is InChI=1S/C12H12N2O8/c1-21-12(16)22-11(15)6-9(7-13(17)18)8-2-4-10(5-3-8)14(19)20/h2-5,9H,6-7H2,1H3. The molecule has 0 radical (unpaired) electrons. The molecule has 0 aliphatic carbocycles. The Balaban J connectivity index is 2.87. The molecule has 0 aromatic heterocycles. The third-order valence-corrected chi connectivity index (χ3v) is 2.72. The molecular formula is C12H12N2O8. The Bertz CT molecular complexity index is 583. The van der Waals surface area contributed by atoms with Gasteiger partial charge in [-0.3, -0.25) is 25.0 Å². The van der Waals surface area contributed by atoms with Crippen LogP contribution in [0.3, 0.4) is 0 Å². The third-order valence-electron chi connectivity index (χ3n) is 2.72. The number of rotatable bonds is 6. The molecule has 0 aliphatic heterocycles. The van der Waals surface area contributed by atoms with E-state index in [0.717, 1.165) is 7.11 Å². The lowest BCUT2D eigenvalue weighted by Gasteiger charge is -2.11. The van der Waals surface area contributed by atoms with Gasteiger partial charge in [0.1, 0.15) is 0 Å². The van der Waals surface area contributed by atoms with Gasteiger partial charge < -0.3 is 9.47 Å². The number of esters is 1. The second-order valence-corrected chi connectivity index (χ2v) is 4.19. The summed E-state index contributed by atoms with van der Waals surface area (Å²) in [5.41, 5.74) is 0.171. The minimum atomic E-state index is -1.21. The zero-order chi connectivity index (χ0) is 16.7. The normalized spacial score (nSPS) is 11.3. The van der Waals surface area contributed by atoms with Crippen LogP contribution in [-0.4, -0.2) is 35.6 Å². The first kappa shape index (κ1) is 17.0. The first-order valence-corrected chi connectivity index (χ1v) is 5.98. The van der Waals surface area contributed by atoms with Gasteiger partial charge in [-0.2, -0.15) is 0 Å². The highest BCUT2D eigenvalue weighted by molar-refractivity contribution is 5.82. The van der Waals surface area contributed by atoms with Crippen molar-refractivity contribution in [3.63, 3.8) is 0 Å². The summed E-state index contributed by atoms with van der Waals surface area (Å²) in [4.78, 5) is 42.3. The molecule has 1 aromatic carbocycles. The van der Waals surface area contributed by atoms with E-state index in [1.165, 1.54) is 24.3 Å². The van der Waals surface area contributed by atoms with Crippen molar-refractivity contribution in [1.82, 2.24) is 0 Å². The molecule has 0 saturated carbocycles. The Labute approximate surface area is 123 Å². The summed E-state index contributed by atoms with van der Waals surface area (Å²) in [5, 5.41) is 21.2. The van der Waals surface area contributed by atoms with Crippen molar-refractivity contribution in [3.05, 3.63) is 50.1 Å². The van der Waals surface area contributed by atoms with E-state index < -0.39 is 40.9 Å². The van der Waals surface area contributed by atoms with Gasteiger partial charge in [-0.25, -0.2) is 4.79 Å². The number of methoxy groups -OCH3 is 1. The molecule has 118 valence electrons. The van der Waals surface area contributed by atoms with Gasteiger partial charge in [0, 0.05) is 17.1 Å². The van der Waals surface area contributed by atoms with Crippen LogP contribution < -0.4 is 0 Å². The minimum Gasteiger partial charge on any atom is -0.437 e. The van der Waals surface area contributed by atoms with Gasteiger partial charge in [-0.1, -0.05) is 12.1 Å². The number of nitro groups is 2. The highest BCUT2D eigenvalue weighted by Gasteiger charge is 2.24. The number of nitro benzene ring substituents is 1. The molecule has 1 unspecified atom stereocenters. The first-order valence-electron chi connectivity index (χ1n) is 5.98. The molecule has 0 bridgehead atoms. The minimum absolute atomic E-state index is 0.180. The molecule has 22 heavy (non-hydrogen) atoms. The van der Waals surface area contributed by atoms with Crippen molar-refractivity contribution < 1.29 is 28.9 Å². The number of nitrogens with zero attached hydrogens (tertiary/aromatic N) is 2. The average molecular weight is 312 g/mol. The fourth-order valence-corrected chi connectivity index (χ4v) is 1.71. The first-order chi connectivity index (χ1) is 10.3. The van der Waals surface area contributed by atoms with Gasteiger partial charge in [0.25, 0.3) is 5.69 Å². The van der Waals surface area contributed by atoms with Crippen molar-refractivity contribution in [2.24, 2.45) is 0 Å². The Hall–Kier alpha value is -3.04. The number of ether oxygens (including phenoxy) is 2. The van der Waals surface area contributed by atoms with Crippen molar-refractivity contribution in [2.45, 2.75) is 12.3 Å². The highest BCUT2D eigenvalue weighted by atomic mass is 16.7. The third kappa shape index (κ3) is 5.15. The van der Waals surface area contributed by atoms with Gasteiger partial charge >= 0.3 is 12.1 Å². The summed E-state index contributed by atoms with van der Waals surface area (Å²) < 4.78 is 8.40. The van der Waals surface area contributed by atoms with Crippen LogP contribution in [0.5, 0.6) is 0 Å². The van der Waals surface area contributed by atoms with Crippen LogP contribution in [0.4, 0.5) is 10.5 Å². The summed E-state index contributed by atoms with van der Waals surface area (Å²) >= 11 is 0. The van der Waals surface area contributed by atoms with Crippen LogP contribution in [0, 0.1) is 20.2 Å². The van der Waals surface area contributed by atoms with Crippen LogP contribution in [0.25, 0.3) is 0 Å². The molecule has 1 aromatic rings. The summed E-state index contributed by atoms with van der Waals surface area (Å²) in [5.74, 6) is -1.87. The predicted octanol–water partition coefficient (Wildman–Crippen LogP) is 1.65. The fraction of sp³-hybridized carbons (Fsp3) is 0.333. The summed E-state index contributed by atoms with van der Waals surface area (Å²) in [7, 11) is 1.01. The zero-order valence-electron chi connectivity index (χ0n) is 11.5. The number of hydrogen-bond acceptors (Lipinski definition) is 8.